The molecule has 0 N–H and O–H groups in total. The lowest BCUT2D eigenvalue weighted by atomic mass is 10.0. The van der Waals surface area contributed by atoms with E-state index in [9.17, 15) is 4.79 Å². The molecule has 102 valence electrons. The second-order valence-corrected chi connectivity index (χ2v) is 5.95. The van der Waals surface area contributed by atoms with E-state index in [1.165, 1.54) is 10.5 Å². The first-order chi connectivity index (χ1) is 9.19. The Morgan fingerprint density at radius 3 is 2.68 bits per heavy atom. The third-order valence-corrected chi connectivity index (χ3v) is 4.30. The van der Waals surface area contributed by atoms with Crippen molar-refractivity contribution < 1.29 is 4.79 Å². The van der Waals surface area contributed by atoms with Crippen molar-refractivity contribution in [3.8, 4) is 0 Å². The third kappa shape index (κ3) is 4.13. The molecule has 1 amide bonds. The summed E-state index contributed by atoms with van der Waals surface area (Å²) in [7, 11) is 1.89. The van der Waals surface area contributed by atoms with Crippen LogP contribution in [0.25, 0.3) is 0 Å². The number of hydrogen-bond donors (Lipinski definition) is 0. The predicted molar refractivity (Wildman–Crippen MR) is 81.2 cm³/mol. The molecule has 1 aromatic rings. The SMILES string of the molecule is CSc1ccc(CN(C)C(=O)CC2C=CCC2)cc1. The fraction of sp³-hybridized carbons (Fsp3) is 0.438. The summed E-state index contributed by atoms with van der Waals surface area (Å²) in [6.07, 6.45) is 9.33. The summed E-state index contributed by atoms with van der Waals surface area (Å²) in [5.74, 6) is 0.694. The highest BCUT2D eigenvalue weighted by atomic mass is 32.2. The van der Waals surface area contributed by atoms with Gasteiger partial charge < -0.3 is 4.90 Å². The van der Waals surface area contributed by atoms with Gasteiger partial charge in [-0.1, -0.05) is 24.3 Å². The monoisotopic (exact) mass is 275 g/mol. The second kappa shape index (κ2) is 6.80. The summed E-state index contributed by atoms with van der Waals surface area (Å²) in [6, 6.07) is 8.42. The van der Waals surface area contributed by atoms with Gasteiger partial charge >= 0.3 is 0 Å². The van der Waals surface area contributed by atoms with Crippen molar-refractivity contribution in [3.05, 3.63) is 42.0 Å². The Kier molecular flexibility index (Phi) is 5.08. The molecule has 2 rings (SSSR count). The summed E-state index contributed by atoms with van der Waals surface area (Å²) in [4.78, 5) is 15.2. The molecule has 1 aliphatic rings. The van der Waals surface area contributed by atoms with Gasteiger partial charge in [-0.05, 0) is 42.7 Å². The number of amides is 1. The minimum Gasteiger partial charge on any atom is -0.341 e. The Hall–Kier alpha value is -1.22. The summed E-state index contributed by atoms with van der Waals surface area (Å²) in [5, 5.41) is 0. The fourth-order valence-electron chi connectivity index (χ4n) is 2.34. The molecule has 1 unspecified atom stereocenters. The van der Waals surface area contributed by atoms with Crippen molar-refractivity contribution in [1.29, 1.82) is 0 Å². The number of hydrogen-bond acceptors (Lipinski definition) is 2. The van der Waals surface area contributed by atoms with Gasteiger partial charge in [0.2, 0.25) is 5.91 Å². The van der Waals surface area contributed by atoms with Gasteiger partial charge in [-0.25, -0.2) is 0 Å². The van der Waals surface area contributed by atoms with E-state index in [1.807, 2.05) is 11.9 Å². The molecule has 2 nitrogen and oxygen atoms in total. The van der Waals surface area contributed by atoms with E-state index in [2.05, 4.69) is 42.7 Å². The first kappa shape index (κ1) is 14.2. The van der Waals surface area contributed by atoms with Crippen LogP contribution in [-0.4, -0.2) is 24.1 Å². The quantitative estimate of drug-likeness (QED) is 0.603. The molecule has 0 heterocycles. The zero-order valence-electron chi connectivity index (χ0n) is 11.6. The van der Waals surface area contributed by atoms with E-state index in [4.69, 9.17) is 0 Å². The highest BCUT2D eigenvalue weighted by Crippen LogP contribution is 2.21. The van der Waals surface area contributed by atoms with Crippen LogP contribution in [0.3, 0.4) is 0 Å². The Balaban J connectivity index is 1.86. The number of allylic oxidation sites excluding steroid dienone is 2. The van der Waals surface area contributed by atoms with Gasteiger partial charge in [-0.2, -0.15) is 0 Å². The van der Waals surface area contributed by atoms with Crippen molar-refractivity contribution in [2.75, 3.05) is 13.3 Å². The van der Waals surface area contributed by atoms with Crippen LogP contribution in [0.15, 0.2) is 41.3 Å². The topological polar surface area (TPSA) is 20.3 Å². The smallest absolute Gasteiger partial charge is 0.223 e. The van der Waals surface area contributed by atoms with E-state index in [-0.39, 0.29) is 5.91 Å². The number of benzene rings is 1. The van der Waals surface area contributed by atoms with Crippen molar-refractivity contribution in [2.24, 2.45) is 5.92 Å². The summed E-state index contributed by atoms with van der Waals surface area (Å²) >= 11 is 1.74. The van der Waals surface area contributed by atoms with Gasteiger partial charge in [0, 0.05) is 24.9 Å². The van der Waals surface area contributed by atoms with Gasteiger partial charge in [0.05, 0.1) is 0 Å². The molecular formula is C16H21NOS. The Labute approximate surface area is 119 Å². The third-order valence-electron chi connectivity index (χ3n) is 3.55. The van der Waals surface area contributed by atoms with Gasteiger partial charge in [0.1, 0.15) is 0 Å². The van der Waals surface area contributed by atoms with Gasteiger partial charge in [0.15, 0.2) is 0 Å². The molecule has 0 fully saturated rings. The molecule has 0 saturated carbocycles. The van der Waals surface area contributed by atoms with Crippen LogP contribution in [-0.2, 0) is 11.3 Å². The molecule has 1 aromatic carbocycles. The minimum absolute atomic E-state index is 0.241. The largest absolute Gasteiger partial charge is 0.341 e. The molecule has 19 heavy (non-hydrogen) atoms. The molecule has 0 saturated heterocycles. The zero-order valence-corrected chi connectivity index (χ0v) is 12.5. The maximum Gasteiger partial charge on any atom is 0.223 e. The lowest BCUT2D eigenvalue weighted by Gasteiger charge is -2.19. The van der Waals surface area contributed by atoms with Crippen LogP contribution in [0.1, 0.15) is 24.8 Å². The van der Waals surface area contributed by atoms with E-state index < -0.39 is 0 Å². The highest BCUT2D eigenvalue weighted by molar-refractivity contribution is 7.98. The lowest BCUT2D eigenvalue weighted by molar-refractivity contribution is -0.131. The van der Waals surface area contributed by atoms with E-state index >= 15 is 0 Å². The van der Waals surface area contributed by atoms with Gasteiger partial charge in [0.25, 0.3) is 0 Å². The van der Waals surface area contributed by atoms with Crippen LogP contribution in [0.5, 0.6) is 0 Å². The number of rotatable bonds is 5. The molecule has 0 bridgehead atoms. The van der Waals surface area contributed by atoms with E-state index in [1.54, 1.807) is 11.8 Å². The standard InChI is InChI=1S/C16H21NOS/c1-17(16(18)11-13-5-3-4-6-13)12-14-7-9-15(19-2)10-8-14/h3,5,7-10,13H,4,6,11-12H2,1-2H3. The van der Waals surface area contributed by atoms with Gasteiger partial charge in [-0.15, -0.1) is 11.8 Å². The molecule has 0 aromatic heterocycles. The van der Waals surface area contributed by atoms with Crippen LogP contribution < -0.4 is 0 Å². The molecule has 0 aliphatic heterocycles. The van der Waals surface area contributed by atoms with Crippen LogP contribution in [0.4, 0.5) is 0 Å². The number of nitrogens with zero attached hydrogens (tertiary/aromatic N) is 1. The highest BCUT2D eigenvalue weighted by Gasteiger charge is 2.16. The minimum atomic E-state index is 0.241. The van der Waals surface area contributed by atoms with Crippen molar-refractivity contribution >= 4 is 17.7 Å². The summed E-state index contributed by atoms with van der Waals surface area (Å²) in [6.45, 7) is 0.698. The van der Waals surface area contributed by atoms with Gasteiger partial charge in [-0.3, -0.25) is 4.79 Å². The zero-order chi connectivity index (χ0) is 13.7. The molecule has 3 heteroatoms. The van der Waals surface area contributed by atoms with Crippen molar-refractivity contribution in [2.45, 2.75) is 30.7 Å². The molecule has 0 radical (unpaired) electrons. The number of carbonyl (C=O) groups is 1. The van der Waals surface area contributed by atoms with Crippen LogP contribution >= 0.6 is 11.8 Å². The molecule has 1 atom stereocenters. The Morgan fingerprint density at radius 1 is 1.37 bits per heavy atom. The lowest BCUT2D eigenvalue weighted by Crippen LogP contribution is -2.27. The van der Waals surface area contributed by atoms with Crippen LogP contribution in [0.2, 0.25) is 0 Å². The maximum atomic E-state index is 12.1. The Bertz CT molecular complexity index is 452. The van der Waals surface area contributed by atoms with Crippen LogP contribution in [0, 0.1) is 5.92 Å². The number of thioether (sulfide) groups is 1. The molecule has 1 aliphatic carbocycles. The van der Waals surface area contributed by atoms with Crippen molar-refractivity contribution in [1.82, 2.24) is 4.90 Å². The fourth-order valence-corrected chi connectivity index (χ4v) is 2.75. The second-order valence-electron chi connectivity index (χ2n) is 5.07. The average Bonchev–Trinajstić information content (AvgIpc) is 2.92. The average molecular weight is 275 g/mol. The first-order valence-corrected chi connectivity index (χ1v) is 7.95. The summed E-state index contributed by atoms with van der Waals surface area (Å²) < 4.78 is 0. The van der Waals surface area contributed by atoms with E-state index in [0.717, 1.165) is 12.8 Å². The molecular weight excluding hydrogens is 254 g/mol. The van der Waals surface area contributed by atoms with Crippen molar-refractivity contribution in [3.63, 3.8) is 0 Å². The normalized spacial score (nSPS) is 17.7. The van der Waals surface area contributed by atoms with E-state index in [0.29, 0.717) is 18.9 Å². The summed E-state index contributed by atoms with van der Waals surface area (Å²) in [5.41, 5.74) is 1.19. The Morgan fingerprint density at radius 2 is 2.11 bits per heavy atom. The molecule has 0 spiro atoms. The maximum absolute atomic E-state index is 12.1. The first-order valence-electron chi connectivity index (χ1n) is 6.72. The predicted octanol–water partition coefficient (Wildman–Crippen LogP) is 3.72. The number of carbonyl (C=O) groups excluding carboxylic acids is 1.